The molecule has 0 unspecified atom stereocenters. The fourth-order valence-electron chi connectivity index (χ4n) is 4.08. The van der Waals surface area contributed by atoms with E-state index in [1.54, 1.807) is 0 Å². The summed E-state index contributed by atoms with van der Waals surface area (Å²) in [5, 5.41) is 0. The molecule has 0 N–H and O–H groups in total. The first kappa shape index (κ1) is 20.7. The Labute approximate surface area is 175 Å². The van der Waals surface area contributed by atoms with Crippen LogP contribution >= 0.6 is 0 Å². The summed E-state index contributed by atoms with van der Waals surface area (Å²) in [4.78, 5) is 0. The Kier molecular flexibility index (Phi) is 6.43. The number of aromatic nitrogens is 1. The van der Waals surface area contributed by atoms with Crippen molar-refractivity contribution in [1.29, 1.82) is 0 Å². The Hall–Kier alpha value is -3.00. The highest BCUT2D eigenvalue weighted by Crippen LogP contribution is 2.25. The first-order chi connectivity index (χ1) is 13.9. The van der Waals surface area contributed by atoms with E-state index in [0.29, 0.717) is 0 Å². The molecule has 0 aliphatic rings. The molecule has 0 saturated carbocycles. The van der Waals surface area contributed by atoms with Gasteiger partial charge in [-0.25, -0.2) is 4.58 Å². The van der Waals surface area contributed by atoms with E-state index in [1.807, 2.05) is 0 Å². The van der Waals surface area contributed by atoms with E-state index in [4.69, 9.17) is 0 Å². The zero-order valence-electron chi connectivity index (χ0n) is 18.5. The largest absolute Gasteiger partial charge is 0.235 e. The summed E-state index contributed by atoms with van der Waals surface area (Å²) in [6.07, 6.45) is 6.51. The van der Waals surface area contributed by atoms with Crippen molar-refractivity contribution in [3.05, 3.63) is 101 Å². The Morgan fingerprint density at radius 2 is 1.52 bits per heavy atom. The van der Waals surface area contributed by atoms with E-state index in [9.17, 15) is 0 Å². The molecular formula is C27H32N2+2. The first-order valence-corrected chi connectivity index (χ1v) is 10.2. The molecule has 0 aliphatic heterocycles. The molecule has 1 aromatic heterocycles. The van der Waals surface area contributed by atoms with E-state index in [-0.39, 0.29) is 0 Å². The monoisotopic (exact) mass is 384 g/mol. The lowest BCUT2D eigenvalue weighted by Gasteiger charge is -2.13. The lowest BCUT2D eigenvalue weighted by Crippen LogP contribution is -2.37. The lowest BCUT2D eigenvalue weighted by atomic mass is 9.95. The molecule has 29 heavy (non-hydrogen) atoms. The van der Waals surface area contributed by atoms with Crippen LogP contribution in [0.3, 0.4) is 0 Å². The van der Waals surface area contributed by atoms with Crippen molar-refractivity contribution < 1.29 is 9.14 Å². The molecule has 0 amide bonds. The summed E-state index contributed by atoms with van der Waals surface area (Å²) in [6.45, 7) is 9.50. The molecule has 2 aromatic carbocycles. The second kappa shape index (κ2) is 9.00. The van der Waals surface area contributed by atoms with Crippen LogP contribution in [0.1, 0.15) is 34.7 Å². The predicted octanol–water partition coefficient (Wildman–Crippen LogP) is 5.25. The van der Waals surface area contributed by atoms with Crippen molar-refractivity contribution in [2.75, 3.05) is 14.1 Å². The molecule has 3 aromatic rings. The van der Waals surface area contributed by atoms with Crippen LogP contribution in [0, 0.1) is 20.8 Å². The number of allylic oxidation sites excluding steroid dienone is 2. The van der Waals surface area contributed by atoms with E-state index in [0.717, 1.165) is 6.54 Å². The summed E-state index contributed by atoms with van der Waals surface area (Å²) >= 11 is 0. The minimum Gasteiger partial charge on any atom is -0.235 e. The van der Waals surface area contributed by atoms with Gasteiger partial charge < -0.3 is 0 Å². The van der Waals surface area contributed by atoms with Gasteiger partial charge in [0, 0.05) is 23.8 Å². The van der Waals surface area contributed by atoms with Crippen molar-refractivity contribution >= 4 is 5.71 Å². The van der Waals surface area contributed by atoms with Crippen LogP contribution in [0.15, 0.2) is 72.9 Å². The van der Waals surface area contributed by atoms with Gasteiger partial charge in [-0.1, -0.05) is 42.5 Å². The van der Waals surface area contributed by atoms with Crippen molar-refractivity contribution in [1.82, 2.24) is 0 Å². The molecule has 0 spiro atoms. The minimum absolute atomic E-state index is 0.829. The molecular weight excluding hydrogens is 352 g/mol. The quantitative estimate of drug-likeness (QED) is 0.419. The van der Waals surface area contributed by atoms with E-state index < -0.39 is 0 Å². The highest BCUT2D eigenvalue weighted by Gasteiger charge is 2.22. The van der Waals surface area contributed by atoms with Gasteiger partial charge in [-0.15, -0.1) is 0 Å². The topological polar surface area (TPSA) is 6.89 Å². The van der Waals surface area contributed by atoms with Gasteiger partial charge in [-0.05, 0) is 50.5 Å². The molecule has 0 aliphatic carbocycles. The van der Waals surface area contributed by atoms with Gasteiger partial charge in [0.15, 0.2) is 12.7 Å². The molecule has 2 nitrogen and oxygen atoms in total. The summed E-state index contributed by atoms with van der Waals surface area (Å²) in [5.41, 5.74) is 10.4. The highest BCUT2D eigenvalue weighted by molar-refractivity contribution is 6.07. The average Bonchev–Trinajstić information content (AvgIpc) is 2.68. The van der Waals surface area contributed by atoms with Gasteiger partial charge >= 0.3 is 0 Å². The third kappa shape index (κ3) is 4.37. The fraction of sp³-hybridized carbons (Fsp3) is 0.259. The van der Waals surface area contributed by atoms with Gasteiger partial charge in [0.2, 0.25) is 11.4 Å². The second-order valence-corrected chi connectivity index (χ2v) is 7.87. The maximum Gasteiger partial charge on any atom is 0.213 e. The van der Waals surface area contributed by atoms with Crippen LogP contribution in [-0.2, 0) is 6.54 Å². The van der Waals surface area contributed by atoms with Crippen molar-refractivity contribution in [3.63, 3.8) is 0 Å². The zero-order chi connectivity index (χ0) is 21.0. The Morgan fingerprint density at radius 1 is 0.862 bits per heavy atom. The molecule has 2 heteroatoms. The molecule has 0 saturated heterocycles. The average molecular weight is 385 g/mol. The van der Waals surface area contributed by atoms with Crippen molar-refractivity contribution in [2.24, 2.45) is 0 Å². The summed E-state index contributed by atoms with van der Waals surface area (Å²) in [6, 6.07) is 19.6. The van der Waals surface area contributed by atoms with Crippen LogP contribution in [0.5, 0.6) is 0 Å². The van der Waals surface area contributed by atoms with Gasteiger partial charge in [0.25, 0.3) is 0 Å². The van der Waals surface area contributed by atoms with Gasteiger partial charge in [-0.3, -0.25) is 0 Å². The number of rotatable bonds is 5. The zero-order valence-corrected chi connectivity index (χ0v) is 18.5. The van der Waals surface area contributed by atoms with Gasteiger partial charge in [-0.2, -0.15) is 4.57 Å². The third-order valence-electron chi connectivity index (χ3n) is 5.44. The molecule has 3 rings (SSSR count). The SMILES string of the molecule is CC=CC(c1c(C)cccc1C[n+]1ccccc1-c1c(C)cccc1C)=[N+](C)C. The standard InChI is InChI=1S/C27H32N2/c1-7-12-24(28(5)6)27-22(4)15-11-16-23(27)19-29-18-9-8-17-25(29)26-20(2)13-10-14-21(26)3/h7-18H,19H2,1-6H3/q+2. The lowest BCUT2D eigenvalue weighted by molar-refractivity contribution is -0.677. The first-order valence-electron chi connectivity index (χ1n) is 10.2. The number of hydrogen-bond acceptors (Lipinski definition) is 0. The van der Waals surface area contributed by atoms with Crippen LogP contribution < -0.4 is 4.57 Å². The fourth-order valence-corrected chi connectivity index (χ4v) is 4.08. The van der Waals surface area contributed by atoms with Crippen molar-refractivity contribution in [3.8, 4) is 11.3 Å². The van der Waals surface area contributed by atoms with Crippen molar-refractivity contribution in [2.45, 2.75) is 34.2 Å². The van der Waals surface area contributed by atoms with E-state index >= 15 is 0 Å². The van der Waals surface area contributed by atoms with Gasteiger partial charge in [0.05, 0.1) is 11.1 Å². The number of nitrogens with zero attached hydrogens (tertiary/aromatic N) is 2. The van der Waals surface area contributed by atoms with Crippen LogP contribution in [0.2, 0.25) is 0 Å². The molecule has 0 atom stereocenters. The summed E-state index contributed by atoms with van der Waals surface area (Å²) in [7, 11) is 4.23. The third-order valence-corrected chi connectivity index (χ3v) is 5.44. The molecule has 148 valence electrons. The molecule has 1 heterocycles. The van der Waals surface area contributed by atoms with Crippen LogP contribution in [0.4, 0.5) is 0 Å². The second-order valence-electron chi connectivity index (χ2n) is 7.87. The molecule has 0 radical (unpaired) electrons. The van der Waals surface area contributed by atoms with Crippen LogP contribution in [-0.4, -0.2) is 24.4 Å². The van der Waals surface area contributed by atoms with E-state index in [2.05, 4.69) is 124 Å². The minimum atomic E-state index is 0.829. The number of pyridine rings is 1. The van der Waals surface area contributed by atoms with Gasteiger partial charge in [0.1, 0.15) is 14.1 Å². The molecule has 0 bridgehead atoms. The maximum atomic E-state index is 2.37. The number of hydrogen-bond donors (Lipinski definition) is 0. The maximum absolute atomic E-state index is 2.37. The summed E-state index contributed by atoms with van der Waals surface area (Å²) < 4.78 is 4.57. The number of benzene rings is 2. The Balaban J connectivity index is 2.17. The smallest absolute Gasteiger partial charge is 0.213 e. The van der Waals surface area contributed by atoms with E-state index in [1.165, 1.54) is 44.8 Å². The normalized spacial score (nSPS) is 11.1. The summed E-state index contributed by atoms with van der Waals surface area (Å²) in [5.74, 6) is 0. The number of aryl methyl sites for hydroxylation is 3. The Bertz CT molecular complexity index is 1060. The highest BCUT2D eigenvalue weighted by atomic mass is 15.0. The molecule has 0 fully saturated rings. The van der Waals surface area contributed by atoms with Crippen LogP contribution in [0.25, 0.3) is 11.3 Å². The predicted molar refractivity (Wildman–Crippen MR) is 123 cm³/mol. The Morgan fingerprint density at radius 3 is 2.17 bits per heavy atom.